The van der Waals surface area contributed by atoms with Gasteiger partial charge in [0.15, 0.2) is 0 Å². The molecule has 1 atom stereocenters. The Morgan fingerprint density at radius 1 is 1.50 bits per heavy atom. The number of hydrogen-bond donors (Lipinski definition) is 1. The number of nitrogens with one attached hydrogen (secondary N) is 1. The summed E-state index contributed by atoms with van der Waals surface area (Å²) in [6, 6.07) is 6.37. The quantitative estimate of drug-likeness (QED) is 0.746. The van der Waals surface area contributed by atoms with Gasteiger partial charge < -0.3 is 20.0 Å². The zero-order valence-electron chi connectivity index (χ0n) is 8.11. The minimum atomic E-state index is -1.14. The van der Waals surface area contributed by atoms with Crippen molar-refractivity contribution in [3.05, 3.63) is 24.3 Å². The first kappa shape index (κ1) is 10.4. The van der Waals surface area contributed by atoms with Crippen LogP contribution in [0.5, 0.6) is 5.75 Å². The molecule has 0 fully saturated rings. The Labute approximate surface area is 82.5 Å². The first-order chi connectivity index (χ1) is 6.65. The Morgan fingerprint density at radius 2 is 2.14 bits per heavy atom. The lowest BCUT2D eigenvalue weighted by Gasteiger charge is -2.17. The van der Waals surface area contributed by atoms with Gasteiger partial charge in [0.2, 0.25) is 0 Å². The summed E-state index contributed by atoms with van der Waals surface area (Å²) in [5.74, 6) is -0.531. The molecule has 0 aliphatic carbocycles. The van der Waals surface area contributed by atoms with E-state index in [9.17, 15) is 9.90 Å². The van der Waals surface area contributed by atoms with Crippen LogP contribution in [-0.4, -0.2) is 19.1 Å². The molecule has 0 bridgehead atoms. The molecule has 4 nitrogen and oxygen atoms in total. The summed E-state index contributed by atoms with van der Waals surface area (Å²) in [7, 11) is 1.53. The first-order valence-electron chi connectivity index (χ1n) is 4.25. The van der Waals surface area contributed by atoms with Crippen LogP contribution in [0.1, 0.15) is 6.92 Å². The van der Waals surface area contributed by atoms with Gasteiger partial charge in [-0.3, -0.25) is 0 Å². The lowest BCUT2D eigenvalue weighted by Crippen LogP contribution is -2.38. The molecule has 0 aromatic heterocycles. The van der Waals surface area contributed by atoms with E-state index in [2.05, 4.69) is 5.32 Å². The average molecular weight is 194 g/mol. The van der Waals surface area contributed by atoms with E-state index in [4.69, 9.17) is 4.74 Å². The van der Waals surface area contributed by atoms with Gasteiger partial charge in [0.05, 0.1) is 24.8 Å². The molecule has 0 heterocycles. The van der Waals surface area contributed by atoms with Crippen LogP contribution < -0.4 is 15.2 Å². The monoisotopic (exact) mass is 194 g/mol. The van der Waals surface area contributed by atoms with Crippen molar-refractivity contribution >= 4 is 11.7 Å². The molecule has 14 heavy (non-hydrogen) atoms. The topological polar surface area (TPSA) is 61.4 Å². The first-order valence-corrected chi connectivity index (χ1v) is 4.25. The van der Waals surface area contributed by atoms with Crippen molar-refractivity contribution in [1.29, 1.82) is 0 Å². The second-order valence-electron chi connectivity index (χ2n) is 2.89. The lowest BCUT2D eigenvalue weighted by molar-refractivity contribution is -0.306. The van der Waals surface area contributed by atoms with Crippen LogP contribution in [0, 0.1) is 0 Å². The van der Waals surface area contributed by atoms with Crippen molar-refractivity contribution in [2.75, 3.05) is 12.4 Å². The highest BCUT2D eigenvalue weighted by molar-refractivity contribution is 5.75. The summed E-state index contributed by atoms with van der Waals surface area (Å²) in [4.78, 5) is 10.5. The highest BCUT2D eigenvalue weighted by Gasteiger charge is 2.05. The summed E-state index contributed by atoms with van der Waals surface area (Å²) in [6.07, 6.45) is 0. The largest absolute Gasteiger partial charge is 0.548 e. The van der Waals surface area contributed by atoms with Gasteiger partial charge in [-0.05, 0) is 19.1 Å². The fourth-order valence-corrected chi connectivity index (χ4v) is 1.06. The second-order valence-corrected chi connectivity index (χ2v) is 2.89. The Morgan fingerprint density at radius 3 is 2.71 bits per heavy atom. The van der Waals surface area contributed by atoms with Gasteiger partial charge in [-0.2, -0.15) is 0 Å². The maximum atomic E-state index is 10.5. The zero-order valence-corrected chi connectivity index (χ0v) is 8.11. The molecule has 76 valence electrons. The number of carbonyl (C=O) groups is 1. The number of carboxylic acid groups (broad SMARTS) is 1. The van der Waals surface area contributed by atoms with Crippen molar-refractivity contribution < 1.29 is 14.6 Å². The number of anilines is 1. The lowest BCUT2D eigenvalue weighted by atomic mass is 10.2. The zero-order chi connectivity index (χ0) is 10.6. The third kappa shape index (κ3) is 2.39. The molecular formula is C10H12NO3-. The van der Waals surface area contributed by atoms with Crippen molar-refractivity contribution in [3.63, 3.8) is 0 Å². The summed E-state index contributed by atoms with van der Waals surface area (Å²) in [5, 5.41) is 13.3. The van der Waals surface area contributed by atoms with Gasteiger partial charge in [-0.25, -0.2) is 0 Å². The van der Waals surface area contributed by atoms with Gasteiger partial charge in [0.1, 0.15) is 5.75 Å². The van der Waals surface area contributed by atoms with Gasteiger partial charge in [0.25, 0.3) is 0 Å². The summed E-state index contributed by atoms with van der Waals surface area (Å²) in [5.41, 5.74) is 0.645. The smallest absolute Gasteiger partial charge is 0.141 e. The maximum absolute atomic E-state index is 10.5. The molecule has 1 aromatic carbocycles. The predicted octanol–water partition coefficient (Wildman–Crippen LogP) is 0.245. The minimum Gasteiger partial charge on any atom is -0.548 e. The maximum Gasteiger partial charge on any atom is 0.141 e. The van der Waals surface area contributed by atoms with Crippen LogP contribution in [0.15, 0.2) is 24.3 Å². The van der Waals surface area contributed by atoms with Gasteiger partial charge in [-0.15, -0.1) is 0 Å². The molecule has 0 amide bonds. The van der Waals surface area contributed by atoms with E-state index in [0.29, 0.717) is 11.4 Å². The second kappa shape index (κ2) is 4.50. The van der Waals surface area contributed by atoms with E-state index in [1.165, 1.54) is 14.0 Å². The average Bonchev–Trinajstić information content (AvgIpc) is 2.18. The highest BCUT2D eigenvalue weighted by Crippen LogP contribution is 2.23. The van der Waals surface area contributed by atoms with E-state index in [1.807, 2.05) is 6.07 Å². The number of benzene rings is 1. The SMILES string of the molecule is COc1ccccc1N[C@@H](C)C(=O)[O-]. The standard InChI is InChI=1S/C10H13NO3/c1-7(10(12)13)11-8-5-3-4-6-9(8)14-2/h3-7,11H,1-2H3,(H,12,13)/p-1/t7-/m0/s1. The number of para-hydroxylation sites is 2. The van der Waals surface area contributed by atoms with Crippen LogP contribution in [0.3, 0.4) is 0 Å². The predicted molar refractivity (Wildman–Crippen MR) is 51.1 cm³/mol. The van der Waals surface area contributed by atoms with Crippen molar-refractivity contribution in [2.45, 2.75) is 13.0 Å². The van der Waals surface area contributed by atoms with Crippen LogP contribution in [0.25, 0.3) is 0 Å². The molecular weight excluding hydrogens is 182 g/mol. The Balaban J connectivity index is 2.80. The minimum absolute atomic E-state index is 0.612. The molecule has 1 aromatic rings. The highest BCUT2D eigenvalue weighted by atomic mass is 16.5. The Bertz CT molecular complexity index is 325. The Hall–Kier alpha value is -1.71. The van der Waals surface area contributed by atoms with Crippen LogP contribution >= 0.6 is 0 Å². The molecule has 0 unspecified atom stereocenters. The number of carboxylic acids is 1. The number of carbonyl (C=O) groups excluding carboxylic acids is 1. The number of hydrogen-bond acceptors (Lipinski definition) is 4. The van der Waals surface area contributed by atoms with E-state index in [1.54, 1.807) is 18.2 Å². The molecule has 1 N–H and O–H groups in total. The number of rotatable bonds is 4. The van der Waals surface area contributed by atoms with E-state index in [-0.39, 0.29) is 0 Å². The van der Waals surface area contributed by atoms with Gasteiger partial charge >= 0.3 is 0 Å². The van der Waals surface area contributed by atoms with E-state index < -0.39 is 12.0 Å². The summed E-state index contributed by atoms with van der Waals surface area (Å²) >= 11 is 0. The summed E-state index contributed by atoms with van der Waals surface area (Å²) in [6.45, 7) is 1.52. The van der Waals surface area contributed by atoms with Crippen LogP contribution in [-0.2, 0) is 4.79 Å². The molecule has 1 rings (SSSR count). The van der Waals surface area contributed by atoms with Crippen molar-refractivity contribution in [3.8, 4) is 5.75 Å². The molecule has 0 aliphatic rings. The number of methoxy groups -OCH3 is 1. The van der Waals surface area contributed by atoms with Gasteiger partial charge in [-0.1, -0.05) is 12.1 Å². The molecule has 0 spiro atoms. The van der Waals surface area contributed by atoms with Crippen LogP contribution in [0.4, 0.5) is 5.69 Å². The normalized spacial score (nSPS) is 11.9. The third-order valence-electron chi connectivity index (χ3n) is 1.83. The number of ether oxygens (including phenoxy) is 1. The van der Waals surface area contributed by atoms with Crippen LogP contribution in [0.2, 0.25) is 0 Å². The van der Waals surface area contributed by atoms with Crippen molar-refractivity contribution in [2.24, 2.45) is 0 Å². The number of aliphatic carboxylic acids is 1. The summed E-state index contributed by atoms with van der Waals surface area (Å²) < 4.78 is 5.05. The van der Waals surface area contributed by atoms with E-state index >= 15 is 0 Å². The molecule has 0 aliphatic heterocycles. The Kier molecular flexibility index (Phi) is 3.34. The fraction of sp³-hybridized carbons (Fsp3) is 0.300. The molecule has 4 heteroatoms. The third-order valence-corrected chi connectivity index (χ3v) is 1.83. The fourth-order valence-electron chi connectivity index (χ4n) is 1.06. The molecule has 0 saturated carbocycles. The molecule has 0 radical (unpaired) electrons. The van der Waals surface area contributed by atoms with Gasteiger partial charge in [0, 0.05) is 0 Å². The van der Waals surface area contributed by atoms with E-state index in [0.717, 1.165) is 0 Å². The van der Waals surface area contributed by atoms with Crippen molar-refractivity contribution in [1.82, 2.24) is 0 Å². The molecule has 0 saturated heterocycles.